The Labute approximate surface area is 330 Å². The Hall–Kier alpha value is -6.90. The van der Waals surface area contributed by atoms with Crippen molar-refractivity contribution in [3.8, 4) is 22.3 Å². The zero-order valence-corrected chi connectivity index (χ0v) is 31.9. The second-order valence-electron chi connectivity index (χ2n) is 14.7. The molecule has 270 valence electrons. The van der Waals surface area contributed by atoms with E-state index in [1.54, 1.807) is 0 Å². The maximum Gasteiger partial charge on any atom is 0.0468 e. The lowest BCUT2D eigenvalue weighted by Gasteiger charge is -2.26. The summed E-state index contributed by atoms with van der Waals surface area (Å²) in [6.45, 7) is 4.37. The number of anilines is 6. The zero-order valence-electron chi connectivity index (χ0n) is 31.9. The maximum absolute atomic E-state index is 2.36. The first-order valence-corrected chi connectivity index (χ1v) is 19.6. The zero-order chi connectivity index (χ0) is 37.8. The van der Waals surface area contributed by atoms with Crippen LogP contribution in [-0.2, 0) is 6.42 Å². The Morgan fingerprint density at radius 3 is 1.04 bits per heavy atom. The third-order valence-corrected chi connectivity index (χ3v) is 10.8. The van der Waals surface area contributed by atoms with E-state index in [1.165, 1.54) is 54.9 Å². The molecule has 56 heavy (non-hydrogen) atoms. The summed E-state index contributed by atoms with van der Waals surface area (Å²) in [6, 6.07) is 75.2. The number of nitrogens with zero attached hydrogens (tertiary/aromatic N) is 2. The lowest BCUT2D eigenvalue weighted by atomic mass is 9.99. The standard InChI is InChI=1S/C54H44N2/c1-3-8-40-15-29-50(30-16-40)56(54-36-26-42-10-5-7-12-48(42)38-54)52-33-23-46(24-34-52)44-19-17-43(18-20-44)45-21-31-51(32-22-45)55(49-27-13-39(2)14-28-49)53-35-25-41-9-4-6-11-47(41)37-53/h4-7,9-38H,3,8H2,1-2H3. The van der Waals surface area contributed by atoms with Crippen LogP contribution in [0, 0.1) is 6.92 Å². The minimum atomic E-state index is 1.09. The average Bonchev–Trinajstić information content (AvgIpc) is 3.26. The minimum Gasteiger partial charge on any atom is -0.310 e. The van der Waals surface area contributed by atoms with E-state index in [-0.39, 0.29) is 0 Å². The molecule has 0 aromatic heterocycles. The van der Waals surface area contributed by atoms with E-state index in [2.05, 4.69) is 230 Å². The van der Waals surface area contributed by atoms with Gasteiger partial charge in [0.2, 0.25) is 0 Å². The lowest BCUT2D eigenvalue weighted by Crippen LogP contribution is -2.10. The molecule has 0 N–H and O–H groups in total. The Balaban J connectivity index is 0.981. The summed E-state index contributed by atoms with van der Waals surface area (Å²) in [7, 11) is 0. The van der Waals surface area contributed by atoms with Crippen molar-refractivity contribution in [2.24, 2.45) is 0 Å². The van der Waals surface area contributed by atoms with Crippen LogP contribution in [0.25, 0.3) is 43.8 Å². The van der Waals surface area contributed by atoms with Gasteiger partial charge in [-0.2, -0.15) is 0 Å². The number of benzene rings is 9. The number of fused-ring (bicyclic) bond motifs is 2. The number of hydrogen-bond acceptors (Lipinski definition) is 2. The summed E-state index contributed by atoms with van der Waals surface area (Å²) in [5, 5.41) is 4.95. The van der Waals surface area contributed by atoms with Crippen LogP contribution in [0.3, 0.4) is 0 Å². The Morgan fingerprint density at radius 1 is 0.321 bits per heavy atom. The molecule has 9 rings (SSSR count). The molecule has 9 aromatic rings. The van der Waals surface area contributed by atoms with Crippen LogP contribution in [0.2, 0.25) is 0 Å². The topological polar surface area (TPSA) is 6.48 Å². The fourth-order valence-corrected chi connectivity index (χ4v) is 7.78. The third kappa shape index (κ3) is 7.18. The van der Waals surface area contributed by atoms with Gasteiger partial charge in [-0.05, 0) is 136 Å². The van der Waals surface area contributed by atoms with Crippen molar-refractivity contribution in [3.05, 3.63) is 217 Å². The molecule has 0 fully saturated rings. The molecule has 2 nitrogen and oxygen atoms in total. The molecular formula is C54H44N2. The molecule has 0 atom stereocenters. The number of rotatable bonds is 10. The van der Waals surface area contributed by atoms with Crippen molar-refractivity contribution in [2.75, 3.05) is 9.80 Å². The van der Waals surface area contributed by atoms with Crippen molar-refractivity contribution in [1.82, 2.24) is 0 Å². The SMILES string of the molecule is CCCc1ccc(N(c2ccc(-c3ccc(-c4ccc(N(c5ccc(C)cc5)c5ccc6ccccc6c5)cc4)cc3)cc2)c2ccc3ccccc3c2)cc1. The summed E-state index contributed by atoms with van der Waals surface area (Å²) in [4.78, 5) is 4.70. The second-order valence-corrected chi connectivity index (χ2v) is 14.7. The van der Waals surface area contributed by atoms with Gasteiger partial charge in [0.25, 0.3) is 0 Å². The highest BCUT2D eigenvalue weighted by Gasteiger charge is 2.15. The highest BCUT2D eigenvalue weighted by atomic mass is 15.1. The monoisotopic (exact) mass is 720 g/mol. The van der Waals surface area contributed by atoms with Crippen molar-refractivity contribution in [1.29, 1.82) is 0 Å². The molecule has 0 bridgehead atoms. The lowest BCUT2D eigenvalue weighted by molar-refractivity contribution is 0.922. The summed E-state index contributed by atoms with van der Waals surface area (Å²) >= 11 is 0. The average molecular weight is 721 g/mol. The van der Waals surface area contributed by atoms with Gasteiger partial charge in [-0.15, -0.1) is 0 Å². The van der Waals surface area contributed by atoms with Crippen LogP contribution in [0.5, 0.6) is 0 Å². The van der Waals surface area contributed by atoms with Crippen molar-refractivity contribution < 1.29 is 0 Å². The molecule has 0 spiro atoms. The molecule has 0 saturated carbocycles. The molecule has 0 aliphatic carbocycles. The summed E-state index contributed by atoms with van der Waals surface area (Å²) in [5.41, 5.74) is 14.2. The third-order valence-electron chi connectivity index (χ3n) is 10.8. The van der Waals surface area contributed by atoms with E-state index >= 15 is 0 Å². The molecule has 0 saturated heterocycles. The molecule has 0 heterocycles. The smallest absolute Gasteiger partial charge is 0.0468 e. The maximum atomic E-state index is 2.36. The van der Waals surface area contributed by atoms with E-state index in [1.807, 2.05) is 0 Å². The van der Waals surface area contributed by atoms with E-state index < -0.39 is 0 Å². The van der Waals surface area contributed by atoms with Gasteiger partial charge in [0.15, 0.2) is 0 Å². The fourth-order valence-electron chi connectivity index (χ4n) is 7.78. The molecular weight excluding hydrogens is 677 g/mol. The van der Waals surface area contributed by atoms with Gasteiger partial charge >= 0.3 is 0 Å². The number of aryl methyl sites for hydroxylation is 2. The minimum absolute atomic E-state index is 1.09. The molecule has 2 heteroatoms. The molecule has 0 aliphatic rings. The van der Waals surface area contributed by atoms with Crippen molar-refractivity contribution >= 4 is 55.7 Å². The van der Waals surface area contributed by atoms with E-state index in [9.17, 15) is 0 Å². The van der Waals surface area contributed by atoms with Crippen molar-refractivity contribution in [2.45, 2.75) is 26.7 Å². The van der Waals surface area contributed by atoms with Gasteiger partial charge in [0.1, 0.15) is 0 Å². The summed E-state index contributed by atoms with van der Waals surface area (Å²) < 4.78 is 0. The molecule has 0 amide bonds. The Morgan fingerprint density at radius 2 is 0.643 bits per heavy atom. The van der Waals surface area contributed by atoms with E-state index in [0.717, 1.165) is 47.0 Å². The predicted octanol–water partition coefficient (Wildman–Crippen LogP) is 15.5. The van der Waals surface area contributed by atoms with Gasteiger partial charge in [0.05, 0.1) is 0 Å². The first-order valence-electron chi connectivity index (χ1n) is 19.6. The quantitative estimate of drug-likeness (QED) is 0.139. The Kier molecular flexibility index (Phi) is 9.61. The highest BCUT2D eigenvalue weighted by molar-refractivity contribution is 5.91. The predicted molar refractivity (Wildman–Crippen MR) is 240 cm³/mol. The first kappa shape index (κ1) is 34.8. The first-order chi connectivity index (χ1) is 27.6. The van der Waals surface area contributed by atoms with Gasteiger partial charge in [-0.25, -0.2) is 0 Å². The molecule has 9 aromatic carbocycles. The summed E-state index contributed by atoms with van der Waals surface area (Å²) in [6.07, 6.45) is 2.23. The highest BCUT2D eigenvalue weighted by Crippen LogP contribution is 2.39. The second kappa shape index (κ2) is 15.5. The van der Waals surface area contributed by atoms with E-state index in [0.29, 0.717) is 0 Å². The van der Waals surface area contributed by atoms with Crippen LogP contribution in [0.1, 0.15) is 24.5 Å². The summed E-state index contributed by atoms with van der Waals surface area (Å²) in [5.74, 6) is 0. The molecule has 0 aliphatic heterocycles. The van der Waals surface area contributed by atoms with Crippen LogP contribution < -0.4 is 9.80 Å². The van der Waals surface area contributed by atoms with Gasteiger partial charge < -0.3 is 9.80 Å². The fraction of sp³-hybridized carbons (Fsp3) is 0.0741. The molecule has 0 radical (unpaired) electrons. The Bertz CT molecular complexity index is 2730. The number of hydrogen-bond donors (Lipinski definition) is 0. The van der Waals surface area contributed by atoms with E-state index in [4.69, 9.17) is 0 Å². The van der Waals surface area contributed by atoms with Crippen LogP contribution in [0.4, 0.5) is 34.1 Å². The van der Waals surface area contributed by atoms with Gasteiger partial charge in [0, 0.05) is 34.1 Å². The van der Waals surface area contributed by atoms with Crippen LogP contribution in [0.15, 0.2) is 206 Å². The van der Waals surface area contributed by atoms with Gasteiger partial charge in [-0.3, -0.25) is 0 Å². The van der Waals surface area contributed by atoms with Gasteiger partial charge in [-0.1, -0.05) is 152 Å². The van der Waals surface area contributed by atoms with Crippen LogP contribution in [-0.4, -0.2) is 0 Å². The van der Waals surface area contributed by atoms with Crippen LogP contribution >= 0.6 is 0 Å². The molecule has 0 unspecified atom stereocenters. The van der Waals surface area contributed by atoms with Crippen molar-refractivity contribution in [3.63, 3.8) is 0 Å². The normalized spacial score (nSPS) is 11.2. The largest absolute Gasteiger partial charge is 0.310 e.